The van der Waals surface area contributed by atoms with Crippen molar-refractivity contribution in [2.45, 2.75) is 63.2 Å². The average molecular weight is 346 g/mol. The number of para-hydroxylation sites is 1. The number of methoxy groups -OCH3 is 1. The van der Waals surface area contributed by atoms with Crippen LogP contribution in [-0.2, 0) is 4.74 Å². The Morgan fingerprint density at radius 2 is 1.76 bits per heavy atom. The minimum atomic E-state index is 0.0483. The van der Waals surface area contributed by atoms with E-state index in [1.165, 1.54) is 12.8 Å². The maximum Gasteiger partial charge on any atom is 0.317 e. The molecule has 0 aromatic heterocycles. The van der Waals surface area contributed by atoms with Gasteiger partial charge in [0.2, 0.25) is 0 Å². The molecule has 25 heavy (non-hydrogen) atoms. The summed E-state index contributed by atoms with van der Waals surface area (Å²) in [5.74, 6) is 0.909. The van der Waals surface area contributed by atoms with E-state index in [0.29, 0.717) is 0 Å². The van der Waals surface area contributed by atoms with Gasteiger partial charge in [0, 0.05) is 33.0 Å². The molecule has 1 aliphatic carbocycles. The highest BCUT2D eigenvalue weighted by Gasteiger charge is 2.29. The van der Waals surface area contributed by atoms with E-state index in [0.717, 1.165) is 50.9 Å². The van der Waals surface area contributed by atoms with Gasteiger partial charge in [-0.1, -0.05) is 37.5 Å². The van der Waals surface area contributed by atoms with Gasteiger partial charge >= 0.3 is 6.03 Å². The van der Waals surface area contributed by atoms with Gasteiger partial charge in [-0.3, -0.25) is 0 Å². The lowest BCUT2D eigenvalue weighted by Gasteiger charge is -2.34. The molecule has 2 amide bonds. The van der Waals surface area contributed by atoms with Crippen LogP contribution in [0.3, 0.4) is 0 Å². The summed E-state index contributed by atoms with van der Waals surface area (Å²) in [6, 6.07) is 10.1. The normalized spacial score (nSPS) is 25.2. The Labute approximate surface area is 150 Å². The van der Waals surface area contributed by atoms with E-state index < -0.39 is 0 Å². The van der Waals surface area contributed by atoms with Crippen molar-refractivity contribution in [3.8, 4) is 5.75 Å². The molecule has 0 radical (unpaired) electrons. The molecule has 1 heterocycles. The SMILES string of the molecule is COC1CCCCCC1NC(=O)N1CCC(Oc2ccccc2)CC1. The zero-order valence-electron chi connectivity index (χ0n) is 15.2. The summed E-state index contributed by atoms with van der Waals surface area (Å²) in [5, 5.41) is 3.22. The number of amides is 2. The molecule has 2 aliphatic rings. The molecule has 0 spiro atoms. The molecule has 2 atom stereocenters. The molecule has 5 nitrogen and oxygen atoms in total. The summed E-state index contributed by atoms with van der Waals surface area (Å²) in [6.07, 6.45) is 7.72. The molecule has 1 aliphatic heterocycles. The fourth-order valence-electron chi connectivity index (χ4n) is 3.84. The Morgan fingerprint density at radius 1 is 1.04 bits per heavy atom. The van der Waals surface area contributed by atoms with E-state index in [-0.39, 0.29) is 24.3 Å². The number of hydrogen-bond acceptors (Lipinski definition) is 3. The second kappa shape index (κ2) is 9.09. The van der Waals surface area contributed by atoms with Crippen LogP contribution >= 0.6 is 0 Å². The number of likely N-dealkylation sites (tertiary alicyclic amines) is 1. The van der Waals surface area contributed by atoms with Crippen molar-refractivity contribution in [3.05, 3.63) is 30.3 Å². The third kappa shape index (κ3) is 5.11. The van der Waals surface area contributed by atoms with Crippen molar-refractivity contribution in [3.63, 3.8) is 0 Å². The lowest BCUT2D eigenvalue weighted by Crippen LogP contribution is -2.52. The van der Waals surface area contributed by atoms with Gasteiger partial charge in [0.05, 0.1) is 12.1 Å². The number of carbonyl (C=O) groups is 1. The summed E-state index contributed by atoms with van der Waals surface area (Å²) in [6.45, 7) is 1.49. The Morgan fingerprint density at radius 3 is 2.48 bits per heavy atom. The number of nitrogens with zero attached hydrogens (tertiary/aromatic N) is 1. The van der Waals surface area contributed by atoms with Crippen LogP contribution < -0.4 is 10.1 Å². The summed E-state index contributed by atoms with van der Waals surface area (Å²) in [7, 11) is 1.75. The van der Waals surface area contributed by atoms with Gasteiger partial charge in [-0.25, -0.2) is 4.79 Å². The lowest BCUT2D eigenvalue weighted by molar-refractivity contribution is 0.0606. The number of rotatable bonds is 4. The average Bonchev–Trinajstić information content (AvgIpc) is 2.88. The second-order valence-electron chi connectivity index (χ2n) is 7.09. The Kier molecular flexibility index (Phi) is 6.56. The van der Waals surface area contributed by atoms with Gasteiger partial charge in [-0.15, -0.1) is 0 Å². The summed E-state index contributed by atoms with van der Waals surface area (Å²) in [4.78, 5) is 14.5. The first-order chi connectivity index (χ1) is 12.3. The van der Waals surface area contributed by atoms with Gasteiger partial charge in [-0.2, -0.15) is 0 Å². The number of benzene rings is 1. The van der Waals surface area contributed by atoms with Crippen LogP contribution in [0, 0.1) is 0 Å². The van der Waals surface area contributed by atoms with Crippen LogP contribution in [0.2, 0.25) is 0 Å². The molecule has 2 unspecified atom stereocenters. The van der Waals surface area contributed by atoms with Crippen molar-refractivity contribution in [1.82, 2.24) is 10.2 Å². The molecule has 1 aromatic carbocycles. The minimum Gasteiger partial charge on any atom is -0.490 e. The van der Waals surface area contributed by atoms with Crippen LogP contribution in [0.5, 0.6) is 5.75 Å². The van der Waals surface area contributed by atoms with Crippen LogP contribution in [0.25, 0.3) is 0 Å². The van der Waals surface area contributed by atoms with Crippen molar-refractivity contribution in [2.75, 3.05) is 20.2 Å². The van der Waals surface area contributed by atoms with Crippen molar-refractivity contribution in [1.29, 1.82) is 0 Å². The molecule has 3 rings (SSSR count). The molecule has 1 saturated carbocycles. The zero-order chi connectivity index (χ0) is 17.5. The van der Waals surface area contributed by atoms with E-state index in [1.807, 2.05) is 35.2 Å². The standard InChI is InChI=1S/C20H30N2O3/c1-24-19-11-7-3-6-10-18(19)21-20(23)22-14-12-17(13-15-22)25-16-8-4-2-5-9-16/h2,4-5,8-9,17-19H,3,6-7,10-15H2,1H3,(H,21,23). The Hall–Kier alpha value is -1.75. The fourth-order valence-corrected chi connectivity index (χ4v) is 3.84. The molecule has 2 fully saturated rings. The highest BCUT2D eigenvalue weighted by molar-refractivity contribution is 5.74. The quantitative estimate of drug-likeness (QED) is 0.848. The third-order valence-corrected chi connectivity index (χ3v) is 5.34. The minimum absolute atomic E-state index is 0.0483. The van der Waals surface area contributed by atoms with E-state index in [1.54, 1.807) is 7.11 Å². The first-order valence-electron chi connectivity index (χ1n) is 9.56. The molecule has 138 valence electrons. The predicted molar refractivity (Wildman–Crippen MR) is 97.9 cm³/mol. The van der Waals surface area contributed by atoms with Crippen molar-refractivity contribution >= 4 is 6.03 Å². The molecule has 1 saturated heterocycles. The van der Waals surface area contributed by atoms with E-state index in [2.05, 4.69) is 5.32 Å². The number of piperidine rings is 1. The van der Waals surface area contributed by atoms with Crippen LogP contribution in [0.4, 0.5) is 4.79 Å². The maximum atomic E-state index is 12.6. The zero-order valence-corrected chi connectivity index (χ0v) is 15.2. The van der Waals surface area contributed by atoms with E-state index in [4.69, 9.17) is 9.47 Å². The number of carbonyl (C=O) groups excluding carboxylic acids is 1. The number of hydrogen-bond donors (Lipinski definition) is 1. The largest absolute Gasteiger partial charge is 0.490 e. The molecule has 5 heteroatoms. The van der Waals surface area contributed by atoms with Crippen LogP contribution in [0.1, 0.15) is 44.9 Å². The number of nitrogens with one attached hydrogen (secondary N) is 1. The van der Waals surface area contributed by atoms with E-state index >= 15 is 0 Å². The molecule has 1 N–H and O–H groups in total. The van der Waals surface area contributed by atoms with Crippen molar-refractivity contribution in [2.24, 2.45) is 0 Å². The third-order valence-electron chi connectivity index (χ3n) is 5.34. The van der Waals surface area contributed by atoms with Gasteiger partial charge in [-0.05, 0) is 25.0 Å². The molecular weight excluding hydrogens is 316 g/mol. The monoisotopic (exact) mass is 346 g/mol. The molecular formula is C20H30N2O3. The Bertz CT molecular complexity index is 529. The lowest BCUT2D eigenvalue weighted by atomic mass is 10.1. The van der Waals surface area contributed by atoms with E-state index in [9.17, 15) is 4.79 Å². The predicted octanol–water partition coefficient (Wildman–Crippen LogP) is 3.59. The van der Waals surface area contributed by atoms with Gasteiger partial charge in [0.25, 0.3) is 0 Å². The summed E-state index contributed by atoms with van der Waals surface area (Å²) < 4.78 is 11.6. The van der Waals surface area contributed by atoms with Crippen LogP contribution in [-0.4, -0.2) is 49.4 Å². The van der Waals surface area contributed by atoms with Crippen molar-refractivity contribution < 1.29 is 14.3 Å². The number of ether oxygens (including phenoxy) is 2. The van der Waals surface area contributed by atoms with Gasteiger partial charge in [0.15, 0.2) is 0 Å². The number of urea groups is 1. The van der Waals surface area contributed by atoms with Gasteiger partial charge < -0.3 is 19.7 Å². The molecule has 1 aromatic rings. The summed E-state index contributed by atoms with van der Waals surface area (Å²) in [5.41, 5.74) is 0. The fraction of sp³-hybridized carbons (Fsp3) is 0.650. The van der Waals surface area contributed by atoms with Crippen LogP contribution in [0.15, 0.2) is 30.3 Å². The van der Waals surface area contributed by atoms with Gasteiger partial charge in [0.1, 0.15) is 11.9 Å². The highest BCUT2D eigenvalue weighted by atomic mass is 16.5. The topological polar surface area (TPSA) is 50.8 Å². The highest BCUT2D eigenvalue weighted by Crippen LogP contribution is 2.22. The smallest absolute Gasteiger partial charge is 0.317 e. The maximum absolute atomic E-state index is 12.6. The second-order valence-corrected chi connectivity index (χ2v) is 7.09. The first-order valence-corrected chi connectivity index (χ1v) is 9.56. The first kappa shape index (κ1) is 18.1. The summed E-state index contributed by atoms with van der Waals surface area (Å²) >= 11 is 0. The Balaban J connectivity index is 1.46. The molecule has 0 bridgehead atoms.